The third-order valence-electron chi connectivity index (χ3n) is 8.04. The van der Waals surface area contributed by atoms with Crippen LogP contribution >= 0.6 is 0 Å². The highest BCUT2D eigenvalue weighted by Gasteiger charge is 2.50. The van der Waals surface area contributed by atoms with Crippen molar-refractivity contribution in [3.8, 4) is 0 Å². The Morgan fingerprint density at radius 2 is 0.805 bits per heavy atom. The van der Waals surface area contributed by atoms with E-state index in [4.69, 9.17) is 25.3 Å². The van der Waals surface area contributed by atoms with Gasteiger partial charge in [-0.3, -0.25) is 0 Å². The lowest BCUT2D eigenvalue weighted by molar-refractivity contribution is 0.230. The standard InChI is InChI=1S/C28H72O6Si7/c1-25(2)29-35(9,10)21-23-40(19,28(7)8)33-38(15,16)32-39(17,18)34-41(20,31-37(13,14)27(5)6)24-22-36(11,12)30-26(3)4/h25-28H,21-24H2,1-20H3. The Hall–Kier alpha value is 1.28. The summed E-state index contributed by atoms with van der Waals surface area (Å²) in [7, 11) is -15.2. The fraction of sp³-hybridized carbons (Fsp3) is 1.00. The highest BCUT2D eigenvalue weighted by atomic mass is 28.5. The van der Waals surface area contributed by atoms with Gasteiger partial charge in [0, 0.05) is 12.2 Å². The van der Waals surface area contributed by atoms with Crippen LogP contribution in [0.2, 0.25) is 114 Å². The lowest BCUT2D eigenvalue weighted by Gasteiger charge is -2.46. The molecular weight excluding hydrogens is 629 g/mol. The highest BCUT2D eigenvalue weighted by molar-refractivity contribution is 6.92. The first-order valence-corrected chi connectivity index (χ1v) is 36.2. The predicted octanol–water partition coefficient (Wildman–Crippen LogP) is 10.4. The molecule has 0 N–H and O–H groups in total. The zero-order valence-electron chi connectivity index (χ0n) is 31.1. The molecule has 0 amide bonds. The van der Waals surface area contributed by atoms with E-state index in [2.05, 4.69) is 134 Å². The molecule has 0 aromatic heterocycles. The molecule has 0 radical (unpaired) electrons. The maximum Gasteiger partial charge on any atom is 0.315 e. The third-order valence-corrected chi connectivity index (χ3v) is 37.1. The number of rotatable bonds is 20. The fourth-order valence-electron chi connectivity index (χ4n) is 5.44. The van der Waals surface area contributed by atoms with E-state index in [-0.39, 0.29) is 12.2 Å². The van der Waals surface area contributed by atoms with Crippen molar-refractivity contribution in [2.75, 3.05) is 0 Å². The van der Waals surface area contributed by atoms with Crippen LogP contribution in [0.15, 0.2) is 0 Å². The molecule has 41 heavy (non-hydrogen) atoms. The number of hydrogen-bond acceptors (Lipinski definition) is 6. The molecule has 0 aromatic rings. The van der Waals surface area contributed by atoms with Gasteiger partial charge in [0.15, 0.2) is 33.3 Å². The van der Waals surface area contributed by atoms with Crippen molar-refractivity contribution in [1.29, 1.82) is 0 Å². The summed E-state index contributed by atoms with van der Waals surface area (Å²) in [5.41, 5.74) is 1.02. The van der Waals surface area contributed by atoms with E-state index in [1.807, 2.05) is 0 Å². The van der Waals surface area contributed by atoms with Crippen LogP contribution in [0.4, 0.5) is 0 Å². The largest absolute Gasteiger partial charge is 0.436 e. The van der Waals surface area contributed by atoms with Gasteiger partial charge < -0.3 is 25.3 Å². The molecule has 248 valence electrons. The minimum atomic E-state index is -2.58. The summed E-state index contributed by atoms with van der Waals surface area (Å²) >= 11 is 0. The first-order valence-electron chi connectivity index (χ1n) is 16.1. The average Bonchev–Trinajstić information content (AvgIpc) is 2.66. The summed E-state index contributed by atoms with van der Waals surface area (Å²) in [6, 6.07) is 4.21. The van der Waals surface area contributed by atoms with Crippen LogP contribution in [0.3, 0.4) is 0 Å². The van der Waals surface area contributed by atoms with Gasteiger partial charge in [-0.2, -0.15) is 0 Å². The van der Waals surface area contributed by atoms with Crippen molar-refractivity contribution < 1.29 is 25.3 Å². The Bertz CT molecular complexity index is 790. The Kier molecular flexibility index (Phi) is 16.2. The molecule has 2 atom stereocenters. The highest BCUT2D eigenvalue weighted by Crippen LogP contribution is 2.37. The first kappa shape index (κ1) is 42.3. The van der Waals surface area contributed by atoms with Gasteiger partial charge in [0.05, 0.1) is 0 Å². The molecule has 0 aliphatic rings. The van der Waals surface area contributed by atoms with Gasteiger partial charge in [-0.1, -0.05) is 27.7 Å². The van der Waals surface area contributed by atoms with Crippen LogP contribution in [-0.4, -0.2) is 71.2 Å². The Morgan fingerprint density at radius 1 is 0.415 bits per heavy atom. The molecule has 0 aliphatic heterocycles. The van der Waals surface area contributed by atoms with Gasteiger partial charge in [-0.05, 0) is 142 Å². The number of hydrogen-bond donors (Lipinski definition) is 0. The maximum absolute atomic E-state index is 7.18. The van der Waals surface area contributed by atoms with Crippen LogP contribution < -0.4 is 0 Å². The lowest BCUT2D eigenvalue weighted by atomic mass is 10.5. The Morgan fingerprint density at radius 3 is 1.17 bits per heavy atom. The average molecular weight is 701 g/mol. The zero-order chi connectivity index (χ0) is 32.9. The van der Waals surface area contributed by atoms with Crippen molar-refractivity contribution in [3.63, 3.8) is 0 Å². The molecule has 0 saturated heterocycles. The van der Waals surface area contributed by atoms with Crippen molar-refractivity contribution in [3.05, 3.63) is 0 Å². The molecule has 0 aliphatic carbocycles. The molecule has 2 unspecified atom stereocenters. The summed E-state index contributed by atoms with van der Waals surface area (Å²) in [4.78, 5) is 0. The van der Waals surface area contributed by atoms with Gasteiger partial charge in [-0.15, -0.1) is 0 Å². The maximum atomic E-state index is 7.18. The van der Waals surface area contributed by atoms with Crippen LogP contribution in [0.1, 0.15) is 55.4 Å². The Labute approximate surface area is 264 Å². The molecular formula is C28H72O6Si7. The van der Waals surface area contributed by atoms with E-state index in [0.717, 1.165) is 24.2 Å². The van der Waals surface area contributed by atoms with Crippen molar-refractivity contribution in [2.45, 2.75) is 181 Å². The third kappa shape index (κ3) is 17.0. The Balaban J connectivity index is 5.94. The second kappa shape index (κ2) is 15.7. The van der Waals surface area contributed by atoms with Crippen LogP contribution in [-0.2, 0) is 25.3 Å². The molecule has 0 bridgehead atoms. The summed E-state index contributed by atoms with van der Waals surface area (Å²) in [5.74, 6) is 0. The quantitative estimate of drug-likeness (QED) is 0.118. The van der Waals surface area contributed by atoms with Crippen LogP contribution in [0, 0.1) is 0 Å². The molecule has 0 spiro atoms. The van der Waals surface area contributed by atoms with Crippen LogP contribution in [0.5, 0.6) is 0 Å². The van der Waals surface area contributed by atoms with Crippen molar-refractivity contribution >= 4 is 59.0 Å². The zero-order valence-corrected chi connectivity index (χ0v) is 38.1. The molecule has 0 aromatic carbocycles. The lowest BCUT2D eigenvalue weighted by Crippen LogP contribution is -2.60. The van der Waals surface area contributed by atoms with E-state index in [1.165, 1.54) is 0 Å². The summed E-state index contributed by atoms with van der Waals surface area (Å²) in [6.45, 7) is 45.4. The second-order valence-electron chi connectivity index (χ2n) is 16.4. The van der Waals surface area contributed by atoms with E-state index in [0.29, 0.717) is 11.1 Å². The molecule has 0 saturated carbocycles. The van der Waals surface area contributed by atoms with E-state index >= 15 is 0 Å². The van der Waals surface area contributed by atoms with Crippen LogP contribution in [0.25, 0.3) is 0 Å². The van der Waals surface area contributed by atoms with Crippen molar-refractivity contribution in [1.82, 2.24) is 0 Å². The fourth-order valence-corrected chi connectivity index (χ4v) is 40.0. The normalized spacial score (nSPS) is 17.6. The van der Waals surface area contributed by atoms with Crippen molar-refractivity contribution in [2.24, 2.45) is 0 Å². The molecule has 13 heteroatoms. The van der Waals surface area contributed by atoms with Gasteiger partial charge in [-0.25, -0.2) is 0 Å². The van der Waals surface area contributed by atoms with E-state index < -0.39 is 59.0 Å². The molecule has 0 fully saturated rings. The summed E-state index contributed by atoms with van der Waals surface area (Å²) in [5, 5.41) is 0. The summed E-state index contributed by atoms with van der Waals surface area (Å²) < 4.78 is 41.3. The molecule has 0 rings (SSSR count). The van der Waals surface area contributed by atoms with Gasteiger partial charge >= 0.3 is 25.7 Å². The van der Waals surface area contributed by atoms with Gasteiger partial charge in [0.1, 0.15) is 0 Å². The SMILES string of the molecule is CC(C)O[Si](C)(C)CC[Si](C)(O[Si](C)(C)O[Si](C)(C)O[Si](C)(CC[Si](C)(C)OC(C)C)C(C)C)O[Si](C)(C)C(C)C. The molecule has 0 heterocycles. The second-order valence-corrected chi connectivity index (χ2v) is 45.2. The first-order chi connectivity index (χ1) is 18.0. The minimum Gasteiger partial charge on any atom is -0.436 e. The smallest absolute Gasteiger partial charge is 0.315 e. The summed E-state index contributed by atoms with van der Waals surface area (Å²) in [6.07, 6.45) is 0.521. The van der Waals surface area contributed by atoms with E-state index in [9.17, 15) is 0 Å². The predicted molar refractivity (Wildman–Crippen MR) is 197 cm³/mol. The van der Waals surface area contributed by atoms with Gasteiger partial charge in [0.2, 0.25) is 0 Å². The van der Waals surface area contributed by atoms with Gasteiger partial charge in [0.25, 0.3) is 0 Å². The monoisotopic (exact) mass is 700 g/mol. The topological polar surface area (TPSA) is 55.4 Å². The minimum absolute atomic E-state index is 0.246. The van der Waals surface area contributed by atoms with E-state index in [1.54, 1.807) is 0 Å². The molecule has 6 nitrogen and oxygen atoms in total.